The Bertz CT molecular complexity index is 1060. The van der Waals surface area contributed by atoms with Crippen molar-refractivity contribution in [3.63, 3.8) is 0 Å². The van der Waals surface area contributed by atoms with E-state index < -0.39 is 5.97 Å². The second kappa shape index (κ2) is 9.21. The molecule has 0 saturated carbocycles. The number of likely N-dealkylation sites (tertiary alicyclic amines) is 2. The number of hydrogen-bond acceptors (Lipinski definition) is 5. The number of methoxy groups -OCH3 is 1. The van der Waals surface area contributed by atoms with E-state index in [1.807, 2.05) is 35.8 Å². The summed E-state index contributed by atoms with van der Waals surface area (Å²) in [5.41, 5.74) is 3.74. The van der Waals surface area contributed by atoms with Gasteiger partial charge in [-0.05, 0) is 62.3 Å². The van der Waals surface area contributed by atoms with Crippen LogP contribution in [0.3, 0.4) is 0 Å². The predicted molar refractivity (Wildman–Crippen MR) is 124 cm³/mol. The first kappa shape index (κ1) is 22.8. The molecule has 0 unspecified atom stereocenters. The summed E-state index contributed by atoms with van der Waals surface area (Å²) in [6.45, 7) is 6.71. The molecule has 174 valence electrons. The zero-order chi connectivity index (χ0) is 23.6. The van der Waals surface area contributed by atoms with E-state index in [-0.39, 0.29) is 17.4 Å². The van der Waals surface area contributed by atoms with Crippen LogP contribution >= 0.6 is 0 Å². The molecule has 1 N–H and O–H groups in total. The summed E-state index contributed by atoms with van der Waals surface area (Å²) < 4.78 is 4.67. The van der Waals surface area contributed by atoms with Crippen molar-refractivity contribution in [3.05, 3.63) is 58.9 Å². The number of esters is 1. The van der Waals surface area contributed by atoms with Crippen LogP contribution in [0.5, 0.6) is 0 Å². The van der Waals surface area contributed by atoms with Gasteiger partial charge in [-0.3, -0.25) is 9.78 Å². The fourth-order valence-corrected chi connectivity index (χ4v) is 4.77. The van der Waals surface area contributed by atoms with Crippen LogP contribution in [-0.4, -0.2) is 66.0 Å². The van der Waals surface area contributed by atoms with Crippen molar-refractivity contribution < 1.29 is 19.1 Å². The van der Waals surface area contributed by atoms with E-state index in [1.54, 1.807) is 12.1 Å². The van der Waals surface area contributed by atoms with Crippen LogP contribution in [0.2, 0.25) is 0 Å². The van der Waals surface area contributed by atoms with Crippen LogP contribution in [0.15, 0.2) is 36.5 Å². The molecule has 4 rings (SSSR count). The maximum Gasteiger partial charge on any atom is 0.339 e. The van der Waals surface area contributed by atoms with E-state index in [2.05, 4.69) is 21.1 Å². The molecule has 0 aliphatic carbocycles. The van der Waals surface area contributed by atoms with Crippen LogP contribution in [-0.2, 0) is 4.74 Å². The Hall–Kier alpha value is -3.42. The Morgan fingerprint density at radius 3 is 2.30 bits per heavy atom. The molecule has 2 aromatic rings. The summed E-state index contributed by atoms with van der Waals surface area (Å²) in [7, 11) is 1.31. The zero-order valence-corrected chi connectivity index (χ0v) is 19.4. The smallest absolute Gasteiger partial charge is 0.339 e. The Balaban J connectivity index is 1.32. The lowest BCUT2D eigenvalue weighted by Gasteiger charge is -2.39. The number of carbonyl (C=O) groups is 3. The van der Waals surface area contributed by atoms with Crippen molar-refractivity contribution in [2.45, 2.75) is 33.1 Å². The van der Waals surface area contributed by atoms with E-state index in [0.717, 1.165) is 30.5 Å². The summed E-state index contributed by atoms with van der Waals surface area (Å²) in [6, 6.07) is 9.06. The van der Waals surface area contributed by atoms with E-state index >= 15 is 0 Å². The van der Waals surface area contributed by atoms with Gasteiger partial charge in [0.25, 0.3) is 5.91 Å². The first-order chi connectivity index (χ1) is 15.8. The molecular weight excluding hydrogens is 420 g/mol. The Morgan fingerprint density at radius 1 is 1.00 bits per heavy atom. The van der Waals surface area contributed by atoms with Gasteiger partial charge in [0, 0.05) is 38.1 Å². The van der Waals surface area contributed by atoms with Crippen LogP contribution < -0.4 is 5.32 Å². The third-order valence-corrected chi connectivity index (χ3v) is 6.86. The summed E-state index contributed by atoms with van der Waals surface area (Å²) in [5.74, 6) is -0.603. The predicted octanol–water partition coefficient (Wildman–Crippen LogP) is 3.65. The lowest BCUT2D eigenvalue weighted by atomic mass is 9.78. The van der Waals surface area contributed by atoms with E-state index in [4.69, 9.17) is 0 Å². The second-order valence-corrected chi connectivity index (χ2v) is 9.14. The van der Waals surface area contributed by atoms with Gasteiger partial charge in [0.1, 0.15) is 5.69 Å². The van der Waals surface area contributed by atoms with Crippen LogP contribution in [0.25, 0.3) is 0 Å². The van der Waals surface area contributed by atoms with Gasteiger partial charge in [-0.2, -0.15) is 0 Å². The lowest BCUT2D eigenvalue weighted by Crippen LogP contribution is -2.46. The highest BCUT2D eigenvalue weighted by atomic mass is 16.5. The average molecular weight is 451 g/mol. The number of nitrogens with one attached hydrogen (secondary N) is 1. The van der Waals surface area contributed by atoms with Crippen LogP contribution in [0.4, 0.5) is 10.5 Å². The summed E-state index contributed by atoms with van der Waals surface area (Å²) in [5, 5.41) is 3.03. The number of pyridine rings is 1. The third kappa shape index (κ3) is 4.84. The Labute approximate surface area is 193 Å². The minimum atomic E-state index is -0.477. The molecule has 1 spiro atoms. The maximum absolute atomic E-state index is 12.9. The van der Waals surface area contributed by atoms with Gasteiger partial charge >= 0.3 is 12.0 Å². The molecule has 0 atom stereocenters. The number of nitrogens with zero attached hydrogens (tertiary/aromatic N) is 3. The molecule has 1 aromatic heterocycles. The highest BCUT2D eigenvalue weighted by Crippen LogP contribution is 2.40. The van der Waals surface area contributed by atoms with E-state index in [1.165, 1.54) is 18.9 Å². The number of rotatable bonds is 3. The molecular formula is C25H30N4O4. The van der Waals surface area contributed by atoms with Crippen molar-refractivity contribution in [2.24, 2.45) is 5.41 Å². The second-order valence-electron chi connectivity index (χ2n) is 9.14. The highest BCUT2D eigenvalue weighted by molar-refractivity contribution is 5.94. The molecule has 2 aliphatic heterocycles. The molecule has 0 bridgehead atoms. The fourth-order valence-electron chi connectivity index (χ4n) is 4.77. The Kier molecular flexibility index (Phi) is 6.35. The van der Waals surface area contributed by atoms with Gasteiger partial charge in [0.2, 0.25) is 0 Å². The van der Waals surface area contributed by atoms with Crippen LogP contribution in [0, 0.1) is 19.3 Å². The van der Waals surface area contributed by atoms with Gasteiger partial charge in [0.15, 0.2) is 0 Å². The molecule has 1 aromatic carbocycles. The topological polar surface area (TPSA) is 91.8 Å². The number of aromatic nitrogens is 1. The molecule has 2 saturated heterocycles. The maximum atomic E-state index is 12.9. The standard InChI is InChI=1S/C25H30N4O4/c1-17-4-6-20(18(2)14-17)27-24(32)28-11-8-25(9-12-28)10-13-29(16-25)22(30)21-7-5-19(15-26-21)23(31)33-3/h4-7,14-15H,8-13,16H2,1-3H3,(H,27,32). The van der Waals surface area contributed by atoms with Crippen molar-refractivity contribution in [1.29, 1.82) is 0 Å². The summed E-state index contributed by atoms with van der Waals surface area (Å²) >= 11 is 0. The third-order valence-electron chi connectivity index (χ3n) is 6.86. The number of hydrogen-bond donors (Lipinski definition) is 1. The molecule has 33 heavy (non-hydrogen) atoms. The molecule has 2 aliphatic rings. The quantitative estimate of drug-likeness (QED) is 0.721. The zero-order valence-electron chi connectivity index (χ0n) is 19.4. The number of anilines is 1. The van der Waals surface area contributed by atoms with E-state index in [0.29, 0.717) is 37.4 Å². The minimum absolute atomic E-state index is 0.0399. The van der Waals surface area contributed by atoms with Gasteiger partial charge in [-0.1, -0.05) is 17.7 Å². The first-order valence-electron chi connectivity index (χ1n) is 11.3. The van der Waals surface area contributed by atoms with Crippen molar-refractivity contribution in [3.8, 4) is 0 Å². The number of carbonyl (C=O) groups excluding carboxylic acids is 3. The van der Waals surface area contributed by atoms with Gasteiger partial charge in [0.05, 0.1) is 12.7 Å². The van der Waals surface area contributed by atoms with Crippen molar-refractivity contribution in [2.75, 3.05) is 38.6 Å². The average Bonchev–Trinajstić information content (AvgIpc) is 3.23. The molecule has 2 fully saturated rings. The Morgan fingerprint density at radius 2 is 1.70 bits per heavy atom. The number of piperidine rings is 1. The molecule has 8 nitrogen and oxygen atoms in total. The largest absolute Gasteiger partial charge is 0.465 e. The number of amides is 3. The first-order valence-corrected chi connectivity index (χ1v) is 11.3. The molecule has 3 heterocycles. The number of ether oxygens (including phenoxy) is 1. The number of benzene rings is 1. The minimum Gasteiger partial charge on any atom is -0.465 e. The molecule has 3 amide bonds. The fraction of sp³-hybridized carbons (Fsp3) is 0.440. The molecule has 0 radical (unpaired) electrons. The highest BCUT2D eigenvalue weighted by Gasteiger charge is 2.43. The van der Waals surface area contributed by atoms with E-state index in [9.17, 15) is 14.4 Å². The SMILES string of the molecule is COC(=O)c1ccc(C(=O)N2CCC3(CCN(C(=O)Nc4ccc(C)cc4C)CC3)C2)nc1. The van der Waals surface area contributed by atoms with Crippen LogP contribution in [0.1, 0.15) is 51.2 Å². The van der Waals surface area contributed by atoms with Crippen molar-refractivity contribution in [1.82, 2.24) is 14.8 Å². The normalized spacial score (nSPS) is 17.2. The summed E-state index contributed by atoms with van der Waals surface area (Å²) in [6.07, 6.45) is 4.03. The summed E-state index contributed by atoms with van der Waals surface area (Å²) in [4.78, 5) is 45.1. The number of urea groups is 1. The monoisotopic (exact) mass is 450 g/mol. The van der Waals surface area contributed by atoms with Gasteiger partial charge < -0.3 is 19.9 Å². The van der Waals surface area contributed by atoms with Crippen molar-refractivity contribution >= 4 is 23.6 Å². The molecule has 8 heteroatoms. The lowest BCUT2D eigenvalue weighted by molar-refractivity contribution is 0.0599. The van der Waals surface area contributed by atoms with Gasteiger partial charge in [-0.15, -0.1) is 0 Å². The van der Waals surface area contributed by atoms with Gasteiger partial charge in [-0.25, -0.2) is 9.59 Å². The number of aryl methyl sites for hydroxylation is 2.